The molecule has 0 fully saturated rings. The average molecular weight is 299 g/mol. The Labute approximate surface area is 118 Å². The number of hydrogen-bond acceptors (Lipinski definition) is 4. The van der Waals surface area contributed by atoms with Crippen molar-refractivity contribution in [3.8, 4) is 5.75 Å². The van der Waals surface area contributed by atoms with Gasteiger partial charge in [-0.05, 0) is 19.1 Å². The molecule has 0 saturated heterocycles. The smallest absolute Gasteiger partial charge is 0.424 e. The highest BCUT2D eigenvalue weighted by Crippen LogP contribution is 2.34. The molecule has 7 heteroatoms. The van der Waals surface area contributed by atoms with Crippen molar-refractivity contribution in [1.82, 2.24) is 0 Å². The number of halogens is 3. The van der Waals surface area contributed by atoms with Crippen LogP contribution in [0.1, 0.15) is 12.5 Å². The number of rotatable bonds is 2. The van der Waals surface area contributed by atoms with Crippen LogP contribution < -0.4 is 10.5 Å². The van der Waals surface area contributed by atoms with E-state index in [0.717, 1.165) is 6.08 Å². The number of ether oxygens (including phenoxy) is 1. The predicted molar refractivity (Wildman–Crippen MR) is 69.0 cm³/mol. The van der Waals surface area contributed by atoms with Gasteiger partial charge in [0.25, 0.3) is 0 Å². The summed E-state index contributed by atoms with van der Waals surface area (Å²) in [6, 6.07) is 6.55. The number of nitrogens with two attached hydrogens (primary N) is 1. The van der Waals surface area contributed by atoms with Gasteiger partial charge in [0, 0.05) is 5.56 Å². The number of alkyl halides is 3. The fourth-order valence-electron chi connectivity index (χ4n) is 1.72. The van der Waals surface area contributed by atoms with E-state index in [1.165, 1.54) is 6.08 Å². The van der Waals surface area contributed by atoms with Gasteiger partial charge < -0.3 is 15.6 Å². The van der Waals surface area contributed by atoms with Gasteiger partial charge in [-0.25, -0.2) is 0 Å². The number of hydrogen-bond donors (Lipinski definition) is 2. The van der Waals surface area contributed by atoms with Crippen LogP contribution in [0.15, 0.2) is 41.8 Å². The SMILES string of the molecule is CC(O)(C(=O)C1=C(N)Oc2ccccc2C=C1)C(F)(F)F. The molecule has 1 aromatic carbocycles. The van der Waals surface area contributed by atoms with E-state index in [1.54, 1.807) is 24.3 Å². The fourth-order valence-corrected chi connectivity index (χ4v) is 1.72. The summed E-state index contributed by atoms with van der Waals surface area (Å²) in [5, 5.41) is 9.44. The maximum Gasteiger partial charge on any atom is 0.424 e. The van der Waals surface area contributed by atoms with Crippen LogP contribution in [-0.4, -0.2) is 22.7 Å². The lowest BCUT2D eigenvalue weighted by Gasteiger charge is -2.25. The fraction of sp³-hybridized carbons (Fsp3) is 0.214. The Balaban J connectivity index is 2.44. The van der Waals surface area contributed by atoms with Crippen LogP contribution in [0, 0.1) is 0 Å². The lowest BCUT2D eigenvalue weighted by molar-refractivity contribution is -0.242. The van der Waals surface area contributed by atoms with Crippen molar-refractivity contribution in [2.24, 2.45) is 5.73 Å². The maximum atomic E-state index is 12.7. The second-order valence-corrected chi connectivity index (χ2v) is 4.65. The van der Waals surface area contributed by atoms with Gasteiger partial charge >= 0.3 is 6.18 Å². The van der Waals surface area contributed by atoms with Gasteiger partial charge in [0.15, 0.2) is 0 Å². The molecular formula is C14H12F3NO3. The Morgan fingerprint density at radius 3 is 2.48 bits per heavy atom. The van der Waals surface area contributed by atoms with E-state index in [9.17, 15) is 23.1 Å². The van der Waals surface area contributed by atoms with Gasteiger partial charge in [-0.1, -0.05) is 24.3 Å². The quantitative estimate of drug-likeness (QED) is 0.877. The van der Waals surface area contributed by atoms with Gasteiger partial charge in [0.2, 0.25) is 17.3 Å². The summed E-state index contributed by atoms with van der Waals surface area (Å²) in [5.74, 6) is -1.76. The molecule has 2 rings (SSSR count). The standard InChI is InChI=1S/C14H12F3NO3/c1-13(20,14(15,16)17)11(19)9-7-6-8-4-2-3-5-10(8)21-12(9)18/h2-7,20H,18H2,1H3. The highest BCUT2D eigenvalue weighted by molar-refractivity contribution is 6.05. The number of Topliss-reactive ketones (excluding diaryl/α,β-unsaturated/α-hetero) is 1. The van der Waals surface area contributed by atoms with E-state index in [4.69, 9.17) is 10.5 Å². The Hall–Kier alpha value is -2.28. The third-order valence-electron chi connectivity index (χ3n) is 3.07. The van der Waals surface area contributed by atoms with E-state index >= 15 is 0 Å². The molecule has 0 aromatic heterocycles. The minimum Gasteiger partial charge on any atom is -0.440 e. The second-order valence-electron chi connectivity index (χ2n) is 4.65. The normalized spacial score (nSPS) is 17.6. The van der Waals surface area contributed by atoms with Crippen molar-refractivity contribution < 1.29 is 27.8 Å². The number of aliphatic hydroxyl groups is 1. The summed E-state index contributed by atoms with van der Waals surface area (Å²) in [7, 11) is 0. The van der Waals surface area contributed by atoms with Crippen molar-refractivity contribution in [2.75, 3.05) is 0 Å². The maximum absolute atomic E-state index is 12.7. The molecule has 0 saturated carbocycles. The molecule has 1 unspecified atom stereocenters. The molecule has 0 aliphatic carbocycles. The Morgan fingerprint density at radius 1 is 1.24 bits per heavy atom. The van der Waals surface area contributed by atoms with Crippen molar-refractivity contribution >= 4 is 11.9 Å². The lowest BCUT2D eigenvalue weighted by Crippen LogP contribution is -2.50. The minimum absolute atomic E-state index is 0.306. The molecule has 3 N–H and O–H groups in total. The zero-order chi connectivity index (χ0) is 15.8. The summed E-state index contributed by atoms with van der Waals surface area (Å²) >= 11 is 0. The van der Waals surface area contributed by atoms with Gasteiger partial charge in [-0.15, -0.1) is 0 Å². The molecule has 0 spiro atoms. The highest BCUT2D eigenvalue weighted by Gasteiger charge is 2.56. The number of ketones is 1. The summed E-state index contributed by atoms with van der Waals surface area (Å²) in [4.78, 5) is 11.9. The van der Waals surface area contributed by atoms with Crippen LogP contribution in [0.4, 0.5) is 13.2 Å². The van der Waals surface area contributed by atoms with Gasteiger partial charge in [-0.3, -0.25) is 4.79 Å². The number of carbonyl (C=O) groups excluding carboxylic acids is 1. The molecule has 0 amide bonds. The zero-order valence-electron chi connectivity index (χ0n) is 10.9. The Bertz CT molecular complexity index is 645. The molecule has 0 bridgehead atoms. The van der Waals surface area contributed by atoms with Crippen LogP contribution >= 0.6 is 0 Å². The number of fused-ring (bicyclic) bond motifs is 1. The predicted octanol–water partition coefficient (Wildman–Crippen LogP) is 2.14. The van der Waals surface area contributed by atoms with Crippen LogP contribution in [0.5, 0.6) is 5.75 Å². The average Bonchev–Trinajstić information content (AvgIpc) is 2.54. The lowest BCUT2D eigenvalue weighted by atomic mass is 9.93. The molecule has 4 nitrogen and oxygen atoms in total. The van der Waals surface area contributed by atoms with Gasteiger partial charge in [-0.2, -0.15) is 13.2 Å². The van der Waals surface area contributed by atoms with Gasteiger partial charge in [0.1, 0.15) is 5.75 Å². The molecule has 0 radical (unpaired) electrons. The topological polar surface area (TPSA) is 72.5 Å². The summed E-state index contributed by atoms with van der Waals surface area (Å²) in [6.45, 7) is 0.376. The number of allylic oxidation sites excluding steroid dienone is 1. The third kappa shape index (κ3) is 2.64. The molecule has 1 aliphatic heterocycles. The first-order valence-electron chi connectivity index (χ1n) is 5.93. The molecule has 21 heavy (non-hydrogen) atoms. The van der Waals surface area contributed by atoms with Crippen LogP contribution in [0.3, 0.4) is 0 Å². The van der Waals surface area contributed by atoms with Crippen molar-refractivity contribution in [3.05, 3.63) is 47.4 Å². The molecule has 112 valence electrons. The largest absolute Gasteiger partial charge is 0.440 e. The molecule has 1 aliphatic rings. The van der Waals surface area contributed by atoms with Crippen LogP contribution in [0.25, 0.3) is 6.08 Å². The molecular weight excluding hydrogens is 287 g/mol. The summed E-state index contributed by atoms with van der Waals surface area (Å²) < 4.78 is 43.4. The Morgan fingerprint density at radius 2 is 1.86 bits per heavy atom. The number of para-hydroxylation sites is 1. The molecule has 1 aromatic rings. The first kappa shape index (κ1) is 15.1. The van der Waals surface area contributed by atoms with Gasteiger partial charge in [0.05, 0.1) is 5.57 Å². The number of benzene rings is 1. The minimum atomic E-state index is -5.12. The van der Waals surface area contributed by atoms with Crippen molar-refractivity contribution in [1.29, 1.82) is 0 Å². The van der Waals surface area contributed by atoms with Crippen molar-refractivity contribution in [3.63, 3.8) is 0 Å². The first-order valence-corrected chi connectivity index (χ1v) is 5.93. The van der Waals surface area contributed by atoms with E-state index < -0.39 is 29.0 Å². The highest BCUT2D eigenvalue weighted by atomic mass is 19.4. The van der Waals surface area contributed by atoms with E-state index in [1.807, 2.05) is 0 Å². The monoisotopic (exact) mass is 299 g/mol. The van der Waals surface area contributed by atoms with E-state index in [0.29, 0.717) is 18.2 Å². The zero-order valence-corrected chi connectivity index (χ0v) is 10.9. The second kappa shape index (κ2) is 4.92. The third-order valence-corrected chi connectivity index (χ3v) is 3.07. The Kier molecular flexibility index (Phi) is 3.54. The first-order chi connectivity index (χ1) is 9.64. The number of carbonyl (C=O) groups is 1. The molecule has 1 atom stereocenters. The van der Waals surface area contributed by atoms with Crippen LogP contribution in [-0.2, 0) is 4.79 Å². The molecule has 1 heterocycles. The van der Waals surface area contributed by atoms with E-state index in [-0.39, 0.29) is 0 Å². The summed E-state index contributed by atoms with van der Waals surface area (Å²) in [5.41, 5.74) is 2.01. The van der Waals surface area contributed by atoms with Crippen molar-refractivity contribution in [2.45, 2.75) is 18.7 Å². The van der Waals surface area contributed by atoms with Crippen LogP contribution in [0.2, 0.25) is 0 Å². The van der Waals surface area contributed by atoms with E-state index in [2.05, 4.69) is 0 Å². The summed E-state index contributed by atoms with van der Waals surface area (Å²) in [6.07, 6.45) is -2.62.